The number of anilines is 1. The Hall–Kier alpha value is -1.38. The van der Waals surface area contributed by atoms with Crippen molar-refractivity contribution in [1.82, 2.24) is 9.55 Å². The number of nitrogen functional groups attached to an aromatic ring is 1. The average molecular weight is 377 g/mol. The first kappa shape index (κ1) is 14.0. The van der Waals surface area contributed by atoms with Crippen LogP contribution in [0.5, 0.6) is 0 Å². The van der Waals surface area contributed by atoms with E-state index in [9.17, 15) is 9.18 Å². The summed E-state index contributed by atoms with van der Waals surface area (Å²) in [7, 11) is 0. The third-order valence-corrected chi connectivity index (χ3v) is 3.49. The van der Waals surface area contributed by atoms with E-state index >= 15 is 0 Å². The van der Waals surface area contributed by atoms with E-state index in [1.54, 1.807) is 17.6 Å². The molecular weight excluding hydrogens is 364 g/mol. The molecule has 0 aliphatic rings. The van der Waals surface area contributed by atoms with Crippen molar-refractivity contribution in [1.29, 1.82) is 0 Å². The summed E-state index contributed by atoms with van der Waals surface area (Å²) in [6.07, 6.45) is 0.178. The zero-order valence-corrected chi connectivity index (χ0v) is 12.5. The molecular formula is C12H13FIN3O2. The van der Waals surface area contributed by atoms with E-state index in [2.05, 4.69) is 4.98 Å². The number of nitrogens with zero attached hydrogens (tertiary/aromatic N) is 2. The zero-order valence-electron chi connectivity index (χ0n) is 10.3. The highest BCUT2D eigenvalue weighted by atomic mass is 127. The lowest BCUT2D eigenvalue weighted by atomic mass is 10.3. The molecule has 1 aromatic carbocycles. The van der Waals surface area contributed by atoms with E-state index in [-0.39, 0.29) is 24.2 Å². The second-order valence-electron chi connectivity index (χ2n) is 3.93. The van der Waals surface area contributed by atoms with Crippen molar-refractivity contribution in [2.45, 2.75) is 19.9 Å². The van der Waals surface area contributed by atoms with Gasteiger partial charge in [0.25, 0.3) is 0 Å². The normalized spacial score (nSPS) is 10.9. The molecule has 0 aliphatic carbocycles. The predicted octanol–water partition coefficient (Wildman–Crippen LogP) is 2.32. The Morgan fingerprint density at radius 2 is 2.32 bits per heavy atom. The highest BCUT2D eigenvalue weighted by Crippen LogP contribution is 2.23. The summed E-state index contributed by atoms with van der Waals surface area (Å²) in [6, 6.07) is 3.01. The van der Waals surface area contributed by atoms with Crippen LogP contribution in [0.15, 0.2) is 12.1 Å². The van der Waals surface area contributed by atoms with Crippen LogP contribution in [0.2, 0.25) is 0 Å². The van der Waals surface area contributed by atoms with Gasteiger partial charge in [0.1, 0.15) is 5.82 Å². The third kappa shape index (κ3) is 2.96. The van der Waals surface area contributed by atoms with Gasteiger partial charge in [0.2, 0.25) is 5.95 Å². The van der Waals surface area contributed by atoms with Crippen LogP contribution in [0.3, 0.4) is 0 Å². The standard InChI is InChI=1S/C12H13FIN3O2/c1-2-19-11(18)3-4-17-10-5-7(13)8(14)6-9(10)16-12(17)15/h5-6H,2-4H2,1H3,(H2,15,16). The van der Waals surface area contributed by atoms with Crippen LogP contribution in [0.4, 0.5) is 10.3 Å². The first-order chi connectivity index (χ1) is 9.02. The van der Waals surface area contributed by atoms with E-state index in [4.69, 9.17) is 10.5 Å². The molecule has 2 aromatic rings. The van der Waals surface area contributed by atoms with Gasteiger partial charge in [0.05, 0.1) is 27.6 Å². The molecule has 0 radical (unpaired) electrons. The lowest BCUT2D eigenvalue weighted by Crippen LogP contribution is -2.10. The topological polar surface area (TPSA) is 70.1 Å². The van der Waals surface area contributed by atoms with Crippen molar-refractivity contribution in [3.05, 3.63) is 21.5 Å². The number of halogens is 2. The molecule has 102 valence electrons. The lowest BCUT2D eigenvalue weighted by molar-refractivity contribution is -0.143. The smallest absolute Gasteiger partial charge is 0.307 e. The number of benzene rings is 1. The fraction of sp³-hybridized carbons (Fsp3) is 0.333. The van der Waals surface area contributed by atoms with Gasteiger partial charge in [-0.2, -0.15) is 0 Å². The fourth-order valence-corrected chi connectivity index (χ4v) is 2.26. The maximum atomic E-state index is 13.6. The summed E-state index contributed by atoms with van der Waals surface area (Å²) < 4.78 is 20.5. The van der Waals surface area contributed by atoms with Gasteiger partial charge in [-0.15, -0.1) is 0 Å². The molecule has 0 aliphatic heterocycles. The van der Waals surface area contributed by atoms with Gasteiger partial charge in [-0.1, -0.05) is 0 Å². The second kappa shape index (κ2) is 5.72. The minimum absolute atomic E-state index is 0.178. The molecule has 0 atom stereocenters. The number of aromatic nitrogens is 2. The van der Waals surface area contributed by atoms with Gasteiger partial charge in [-0.05, 0) is 35.6 Å². The SMILES string of the molecule is CCOC(=O)CCn1c(N)nc2cc(I)c(F)cc21. The number of esters is 1. The molecule has 2 N–H and O–H groups in total. The number of hydrogen-bond donors (Lipinski definition) is 1. The van der Waals surface area contributed by atoms with Crippen molar-refractivity contribution in [3.63, 3.8) is 0 Å². The molecule has 1 heterocycles. The first-order valence-corrected chi connectivity index (χ1v) is 6.87. The molecule has 0 amide bonds. The van der Waals surface area contributed by atoms with Crippen LogP contribution in [0.25, 0.3) is 11.0 Å². The Kier molecular flexibility index (Phi) is 4.23. The van der Waals surface area contributed by atoms with Gasteiger partial charge >= 0.3 is 5.97 Å². The maximum absolute atomic E-state index is 13.6. The summed E-state index contributed by atoms with van der Waals surface area (Å²) in [5, 5.41) is 0. The molecule has 0 saturated carbocycles. The highest BCUT2D eigenvalue weighted by Gasteiger charge is 2.13. The van der Waals surface area contributed by atoms with Crippen molar-refractivity contribution in [3.8, 4) is 0 Å². The molecule has 2 rings (SSSR count). The molecule has 0 unspecified atom stereocenters. The molecule has 19 heavy (non-hydrogen) atoms. The van der Waals surface area contributed by atoms with Crippen LogP contribution < -0.4 is 5.73 Å². The number of ether oxygens (including phenoxy) is 1. The molecule has 0 fully saturated rings. The van der Waals surface area contributed by atoms with Crippen molar-refractivity contribution >= 4 is 45.5 Å². The van der Waals surface area contributed by atoms with Gasteiger partial charge in [-0.3, -0.25) is 4.79 Å². The zero-order chi connectivity index (χ0) is 14.0. The Bertz CT molecular complexity index is 627. The third-order valence-electron chi connectivity index (χ3n) is 2.66. The Balaban J connectivity index is 2.30. The summed E-state index contributed by atoms with van der Waals surface area (Å²) in [4.78, 5) is 15.5. The Morgan fingerprint density at radius 1 is 1.58 bits per heavy atom. The number of hydrogen-bond acceptors (Lipinski definition) is 4. The average Bonchev–Trinajstić information content (AvgIpc) is 2.63. The monoisotopic (exact) mass is 377 g/mol. The van der Waals surface area contributed by atoms with Crippen LogP contribution in [-0.4, -0.2) is 22.1 Å². The highest BCUT2D eigenvalue weighted by molar-refractivity contribution is 14.1. The lowest BCUT2D eigenvalue weighted by Gasteiger charge is -2.06. The van der Waals surface area contributed by atoms with E-state index < -0.39 is 0 Å². The first-order valence-electron chi connectivity index (χ1n) is 5.79. The molecule has 5 nitrogen and oxygen atoms in total. The molecule has 0 saturated heterocycles. The molecule has 7 heteroatoms. The largest absolute Gasteiger partial charge is 0.466 e. The summed E-state index contributed by atoms with van der Waals surface area (Å²) in [6.45, 7) is 2.41. The van der Waals surface area contributed by atoms with E-state index in [0.717, 1.165) is 0 Å². The van der Waals surface area contributed by atoms with Gasteiger partial charge in [0, 0.05) is 12.6 Å². The number of rotatable bonds is 4. The van der Waals surface area contributed by atoms with Crippen LogP contribution in [0.1, 0.15) is 13.3 Å². The summed E-state index contributed by atoms with van der Waals surface area (Å²) in [5.74, 6) is -0.374. The maximum Gasteiger partial charge on any atom is 0.307 e. The van der Waals surface area contributed by atoms with Crippen LogP contribution in [-0.2, 0) is 16.1 Å². The minimum atomic E-state index is -0.328. The van der Waals surface area contributed by atoms with E-state index in [1.165, 1.54) is 6.07 Å². The predicted molar refractivity (Wildman–Crippen MR) is 78.1 cm³/mol. The Labute approximate surface area is 123 Å². The summed E-state index contributed by atoms with van der Waals surface area (Å²) >= 11 is 1.90. The van der Waals surface area contributed by atoms with Crippen LogP contribution in [0, 0.1) is 9.39 Å². The minimum Gasteiger partial charge on any atom is -0.466 e. The van der Waals surface area contributed by atoms with Crippen molar-refractivity contribution in [2.75, 3.05) is 12.3 Å². The fourth-order valence-electron chi connectivity index (χ4n) is 1.81. The molecule has 0 bridgehead atoms. The van der Waals surface area contributed by atoms with Gasteiger partial charge < -0.3 is 15.0 Å². The number of carbonyl (C=O) groups is 1. The second-order valence-corrected chi connectivity index (χ2v) is 5.09. The van der Waals surface area contributed by atoms with Crippen molar-refractivity contribution in [2.24, 2.45) is 0 Å². The van der Waals surface area contributed by atoms with Crippen LogP contribution >= 0.6 is 22.6 Å². The number of imidazole rings is 1. The van der Waals surface area contributed by atoms with Crippen molar-refractivity contribution < 1.29 is 13.9 Å². The van der Waals surface area contributed by atoms with Gasteiger partial charge in [0.15, 0.2) is 0 Å². The van der Waals surface area contributed by atoms with E-state index in [0.29, 0.717) is 27.8 Å². The molecule has 1 aromatic heterocycles. The number of nitrogens with two attached hydrogens (primary N) is 1. The number of carbonyl (C=O) groups excluding carboxylic acids is 1. The Morgan fingerprint density at radius 3 is 3.00 bits per heavy atom. The summed E-state index contributed by atoms with van der Waals surface area (Å²) in [5.41, 5.74) is 6.99. The molecule has 0 spiro atoms. The number of aryl methyl sites for hydroxylation is 1. The quantitative estimate of drug-likeness (QED) is 0.656. The van der Waals surface area contributed by atoms with Gasteiger partial charge in [-0.25, -0.2) is 9.37 Å². The number of fused-ring (bicyclic) bond motifs is 1. The van der Waals surface area contributed by atoms with E-state index in [1.807, 2.05) is 22.6 Å².